The molecule has 0 aliphatic carbocycles. The van der Waals surface area contributed by atoms with Crippen LogP contribution in [0.3, 0.4) is 0 Å². The van der Waals surface area contributed by atoms with Gasteiger partial charge in [0.25, 0.3) is 11.7 Å². The van der Waals surface area contributed by atoms with Crippen molar-refractivity contribution in [1.29, 1.82) is 0 Å². The Morgan fingerprint density at radius 1 is 1.18 bits per heavy atom. The number of alkyl halides is 2. The lowest BCUT2D eigenvalue weighted by atomic mass is 10.2. The zero-order valence-electron chi connectivity index (χ0n) is 14.3. The number of aromatic nitrogens is 2. The number of hydrogen-bond acceptors (Lipinski definition) is 5. The number of halogens is 3. The van der Waals surface area contributed by atoms with Crippen molar-refractivity contribution in [2.24, 2.45) is 0 Å². The highest BCUT2D eigenvalue weighted by atomic mass is 32.2. The van der Waals surface area contributed by atoms with E-state index in [4.69, 9.17) is 4.74 Å². The van der Waals surface area contributed by atoms with Gasteiger partial charge in [-0.1, -0.05) is 6.07 Å². The normalized spacial score (nSPS) is 10.7. The van der Waals surface area contributed by atoms with Crippen molar-refractivity contribution in [3.63, 3.8) is 0 Å². The molecular formula is C19H14F3N3O2S. The molecule has 1 amide bonds. The number of pyridine rings is 2. The number of carbonyl (C=O) groups is 1. The molecule has 1 aromatic carbocycles. The fourth-order valence-electron chi connectivity index (χ4n) is 2.29. The van der Waals surface area contributed by atoms with Gasteiger partial charge in [0.05, 0.1) is 11.8 Å². The van der Waals surface area contributed by atoms with Crippen molar-refractivity contribution in [1.82, 2.24) is 15.3 Å². The maximum Gasteiger partial charge on any atom is 0.290 e. The van der Waals surface area contributed by atoms with Gasteiger partial charge in [0, 0.05) is 18.9 Å². The molecule has 0 bridgehead atoms. The summed E-state index contributed by atoms with van der Waals surface area (Å²) in [6, 6.07) is 10.4. The third-order valence-electron chi connectivity index (χ3n) is 3.53. The molecule has 0 saturated heterocycles. The minimum Gasteiger partial charge on any atom is -0.453 e. The molecule has 0 fully saturated rings. The fourth-order valence-corrected chi connectivity index (χ4v) is 2.87. The van der Waals surface area contributed by atoms with E-state index in [1.54, 1.807) is 24.4 Å². The van der Waals surface area contributed by atoms with E-state index in [0.717, 1.165) is 0 Å². The maximum absolute atomic E-state index is 14.2. The Kier molecular flexibility index (Phi) is 6.49. The molecule has 0 saturated carbocycles. The van der Waals surface area contributed by atoms with Crippen molar-refractivity contribution in [2.45, 2.75) is 17.3 Å². The number of amides is 1. The highest BCUT2D eigenvalue weighted by molar-refractivity contribution is 7.99. The average Bonchev–Trinajstić information content (AvgIpc) is 2.69. The second kappa shape index (κ2) is 9.23. The van der Waals surface area contributed by atoms with E-state index < -0.39 is 17.5 Å². The first kappa shape index (κ1) is 19.7. The van der Waals surface area contributed by atoms with Crippen LogP contribution in [-0.2, 0) is 6.54 Å². The third kappa shape index (κ3) is 5.23. The van der Waals surface area contributed by atoms with Gasteiger partial charge >= 0.3 is 0 Å². The van der Waals surface area contributed by atoms with Gasteiger partial charge < -0.3 is 10.1 Å². The second-order valence-corrected chi connectivity index (χ2v) is 6.45. The molecular weight excluding hydrogens is 391 g/mol. The highest BCUT2D eigenvalue weighted by Crippen LogP contribution is 2.27. The molecule has 3 aromatic rings. The number of rotatable bonds is 7. The molecule has 0 radical (unpaired) electrons. The first-order valence-electron chi connectivity index (χ1n) is 8.07. The summed E-state index contributed by atoms with van der Waals surface area (Å²) in [4.78, 5) is 20.0. The van der Waals surface area contributed by atoms with E-state index >= 15 is 0 Å². The van der Waals surface area contributed by atoms with Crippen LogP contribution in [0.25, 0.3) is 0 Å². The van der Waals surface area contributed by atoms with E-state index in [1.165, 1.54) is 36.7 Å². The predicted octanol–water partition coefficient (Wildman–Crippen LogP) is 4.65. The van der Waals surface area contributed by atoms with Crippen LogP contribution in [0.15, 0.2) is 66.1 Å². The summed E-state index contributed by atoms with van der Waals surface area (Å²) in [5.74, 6) is -3.46. The summed E-state index contributed by atoms with van der Waals surface area (Å²) in [5.41, 5.74) is 0.515. The molecule has 0 atom stereocenters. The van der Waals surface area contributed by atoms with Crippen molar-refractivity contribution >= 4 is 17.7 Å². The van der Waals surface area contributed by atoms with Gasteiger partial charge in [0.2, 0.25) is 0 Å². The number of ether oxygens (including phenoxy) is 1. The summed E-state index contributed by atoms with van der Waals surface area (Å²) in [6.45, 7) is 0.0105. The predicted molar refractivity (Wildman–Crippen MR) is 98.0 cm³/mol. The Labute approximate surface area is 163 Å². The quantitative estimate of drug-likeness (QED) is 0.580. The van der Waals surface area contributed by atoms with Gasteiger partial charge in [-0.15, -0.1) is 0 Å². The van der Waals surface area contributed by atoms with Gasteiger partial charge in [-0.3, -0.25) is 9.78 Å². The number of nitrogens with zero attached hydrogens (tertiary/aromatic N) is 2. The van der Waals surface area contributed by atoms with Crippen LogP contribution >= 0.6 is 11.8 Å². The smallest absolute Gasteiger partial charge is 0.290 e. The molecule has 9 heteroatoms. The lowest BCUT2D eigenvalue weighted by Crippen LogP contribution is -2.23. The standard InChI is InChI=1S/C19H14F3N3O2S/c20-15-9-12(5-6-16(15)27-13-3-1-7-23-11-13)10-25-17(26)14-4-2-8-24-18(14)28-19(21)22/h1-9,11,19H,10H2,(H,25,26). The second-order valence-electron chi connectivity index (χ2n) is 5.47. The Morgan fingerprint density at radius 2 is 2.00 bits per heavy atom. The molecule has 0 spiro atoms. The van der Waals surface area contributed by atoms with Gasteiger partial charge in [0.1, 0.15) is 10.8 Å². The summed E-state index contributed by atoms with van der Waals surface area (Å²) in [6.07, 6.45) is 4.36. The number of hydrogen-bond donors (Lipinski definition) is 1. The lowest BCUT2D eigenvalue weighted by molar-refractivity contribution is 0.0947. The fraction of sp³-hybridized carbons (Fsp3) is 0.105. The number of thioether (sulfide) groups is 1. The Morgan fingerprint density at radius 3 is 2.71 bits per heavy atom. The summed E-state index contributed by atoms with van der Waals surface area (Å²) in [7, 11) is 0. The van der Waals surface area contributed by atoms with Crippen LogP contribution in [0.2, 0.25) is 0 Å². The Hall–Kier alpha value is -3.07. The average molecular weight is 405 g/mol. The summed E-state index contributed by atoms with van der Waals surface area (Å²) < 4.78 is 44.8. The molecule has 144 valence electrons. The highest BCUT2D eigenvalue weighted by Gasteiger charge is 2.16. The zero-order valence-corrected chi connectivity index (χ0v) is 15.1. The molecule has 3 rings (SSSR count). The van der Waals surface area contributed by atoms with Gasteiger partial charge in [0.15, 0.2) is 11.6 Å². The van der Waals surface area contributed by atoms with Crippen LogP contribution in [0.4, 0.5) is 13.2 Å². The number of carbonyl (C=O) groups excluding carboxylic acids is 1. The van der Waals surface area contributed by atoms with E-state index in [0.29, 0.717) is 11.3 Å². The number of benzene rings is 1. The minimum absolute atomic E-state index is 0.0105. The monoisotopic (exact) mass is 405 g/mol. The Bertz CT molecular complexity index is 958. The van der Waals surface area contributed by atoms with E-state index in [2.05, 4.69) is 15.3 Å². The molecule has 5 nitrogen and oxygen atoms in total. The summed E-state index contributed by atoms with van der Waals surface area (Å²) in [5, 5.41) is 2.50. The van der Waals surface area contributed by atoms with Gasteiger partial charge in [-0.25, -0.2) is 9.37 Å². The SMILES string of the molecule is O=C(NCc1ccc(Oc2cccnc2)c(F)c1)c1cccnc1SC(F)F. The molecule has 0 unspecified atom stereocenters. The Balaban J connectivity index is 1.65. The van der Waals surface area contributed by atoms with Crippen molar-refractivity contribution in [2.75, 3.05) is 0 Å². The van der Waals surface area contributed by atoms with Crippen molar-refractivity contribution in [3.8, 4) is 11.5 Å². The molecule has 28 heavy (non-hydrogen) atoms. The van der Waals surface area contributed by atoms with Crippen LogP contribution in [0.1, 0.15) is 15.9 Å². The van der Waals surface area contributed by atoms with Gasteiger partial charge in [-0.05, 0) is 53.7 Å². The van der Waals surface area contributed by atoms with Crippen LogP contribution in [0, 0.1) is 5.82 Å². The van der Waals surface area contributed by atoms with Gasteiger partial charge in [-0.2, -0.15) is 8.78 Å². The van der Waals surface area contributed by atoms with Crippen LogP contribution in [0.5, 0.6) is 11.5 Å². The van der Waals surface area contributed by atoms with E-state index in [9.17, 15) is 18.0 Å². The van der Waals surface area contributed by atoms with Crippen molar-refractivity contribution < 1.29 is 22.7 Å². The zero-order chi connectivity index (χ0) is 19.9. The molecule has 0 aliphatic heterocycles. The van der Waals surface area contributed by atoms with E-state index in [-0.39, 0.29) is 34.6 Å². The first-order valence-corrected chi connectivity index (χ1v) is 8.95. The number of nitrogens with one attached hydrogen (secondary N) is 1. The van der Waals surface area contributed by atoms with Crippen LogP contribution in [-0.4, -0.2) is 21.6 Å². The minimum atomic E-state index is -2.69. The maximum atomic E-state index is 14.2. The molecule has 2 heterocycles. The molecule has 2 aromatic heterocycles. The third-order valence-corrected chi connectivity index (χ3v) is 4.25. The van der Waals surface area contributed by atoms with Crippen molar-refractivity contribution in [3.05, 3.63) is 78.0 Å². The first-order chi connectivity index (χ1) is 13.5. The molecule has 1 N–H and O–H groups in total. The summed E-state index contributed by atoms with van der Waals surface area (Å²) >= 11 is 0.193. The largest absolute Gasteiger partial charge is 0.453 e. The topological polar surface area (TPSA) is 64.1 Å². The molecule has 0 aliphatic rings. The van der Waals surface area contributed by atoms with E-state index in [1.807, 2.05) is 0 Å². The lowest BCUT2D eigenvalue weighted by Gasteiger charge is -2.10. The van der Waals surface area contributed by atoms with Crippen LogP contribution < -0.4 is 10.1 Å².